The number of carbonyl (C=O) groups excluding carboxylic acids is 1. The number of aliphatic hydroxyl groups excluding tert-OH is 1. The Bertz CT molecular complexity index is 482. The Morgan fingerprint density at radius 3 is 2.70 bits per heavy atom. The van der Waals surface area contributed by atoms with Crippen LogP contribution in [0.4, 0.5) is 8.78 Å². The molecule has 0 spiro atoms. The molecule has 4 nitrogen and oxygen atoms in total. The number of halogens is 2. The van der Waals surface area contributed by atoms with Crippen LogP contribution in [0.5, 0.6) is 0 Å². The summed E-state index contributed by atoms with van der Waals surface area (Å²) in [6.45, 7) is 3.13. The van der Waals surface area contributed by atoms with Crippen molar-refractivity contribution in [2.24, 2.45) is 0 Å². The number of aliphatic hydroxyl groups is 1. The lowest BCUT2D eigenvalue weighted by Gasteiger charge is -2.21. The molecular weight excluding hydrogens is 266 g/mol. The highest BCUT2D eigenvalue weighted by Gasteiger charge is 2.22. The SMILES string of the molecule is O=C(c1ccc(F)cc1F)N1CCCN(CCO)CC1. The number of amides is 1. The second-order valence-corrected chi connectivity index (χ2v) is 4.84. The average Bonchev–Trinajstić information content (AvgIpc) is 2.64. The molecule has 2 rings (SSSR count). The molecule has 1 N–H and O–H groups in total. The molecule has 20 heavy (non-hydrogen) atoms. The number of nitrogens with zero attached hydrogens (tertiary/aromatic N) is 2. The van der Waals surface area contributed by atoms with E-state index in [1.807, 2.05) is 0 Å². The van der Waals surface area contributed by atoms with E-state index in [1.54, 1.807) is 4.90 Å². The topological polar surface area (TPSA) is 43.8 Å². The first kappa shape index (κ1) is 14.9. The fourth-order valence-corrected chi connectivity index (χ4v) is 2.37. The molecule has 0 atom stereocenters. The minimum Gasteiger partial charge on any atom is -0.395 e. The smallest absolute Gasteiger partial charge is 0.256 e. The Hall–Kier alpha value is -1.53. The van der Waals surface area contributed by atoms with E-state index in [-0.39, 0.29) is 12.2 Å². The van der Waals surface area contributed by atoms with E-state index in [1.165, 1.54) is 6.07 Å². The van der Waals surface area contributed by atoms with Crippen molar-refractivity contribution in [1.82, 2.24) is 9.80 Å². The van der Waals surface area contributed by atoms with Crippen LogP contribution >= 0.6 is 0 Å². The van der Waals surface area contributed by atoms with Crippen molar-refractivity contribution in [3.63, 3.8) is 0 Å². The lowest BCUT2D eigenvalue weighted by atomic mass is 10.1. The van der Waals surface area contributed by atoms with Crippen molar-refractivity contribution in [2.75, 3.05) is 39.3 Å². The Morgan fingerprint density at radius 2 is 2.00 bits per heavy atom. The standard InChI is InChI=1S/C14H18F2N2O2/c15-11-2-3-12(13(16)10-11)14(20)18-5-1-4-17(6-7-18)8-9-19/h2-3,10,19H,1,4-9H2. The normalized spacial score (nSPS) is 17.1. The molecule has 1 heterocycles. The van der Waals surface area contributed by atoms with Gasteiger partial charge in [0, 0.05) is 32.2 Å². The quantitative estimate of drug-likeness (QED) is 0.904. The summed E-state index contributed by atoms with van der Waals surface area (Å²) >= 11 is 0. The molecule has 0 unspecified atom stereocenters. The van der Waals surface area contributed by atoms with Crippen molar-refractivity contribution < 1.29 is 18.7 Å². The zero-order chi connectivity index (χ0) is 14.5. The van der Waals surface area contributed by atoms with Gasteiger partial charge in [-0.1, -0.05) is 0 Å². The Labute approximate surface area is 116 Å². The van der Waals surface area contributed by atoms with Gasteiger partial charge >= 0.3 is 0 Å². The van der Waals surface area contributed by atoms with Gasteiger partial charge in [-0.15, -0.1) is 0 Å². The van der Waals surface area contributed by atoms with Crippen LogP contribution in [0.1, 0.15) is 16.8 Å². The van der Waals surface area contributed by atoms with Gasteiger partial charge in [-0.25, -0.2) is 8.78 Å². The largest absolute Gasteiger partial charge is 0.395 e. The second-order valence-electron chi connectivity index (χ2n) is 4.84. The molecule has 0 aliphatic carbocycles. The minimum atomic E-state index is -0.827. The van der Waals surface area contributed by atoms with Crippen LogP contribution in [0.2, 0.25) is 0 Å². The van der Waals surface area contributed by atoms with E-state index in [9.17, 15) is 13.6 Å². The summed E-state index contributed by atoms with van der Waals surface area (Å²) in [5.74, 6) is -1.93. The number of hydrogen-bond acceptors (Lipinski definition) is 3. The van der Waals surface area contributed by atoms with Crippen LogP contribution in [-0.2, 0) is 0 Å². The van der Waals surface area contributed by atoms with Crippen LogP contribution in [-0.4, -0.2) is 60.1 Å². The molecular formula is C14H18F2N2O2. The van der Waals surface area contributed by atoms with Crippen LogP contribution in [0.15, 0.2) is 18.2 Å². The predicted octanol–water partition coefficient (Wildman–Crippen LogP) is 1.11. The van der Waals surface area contributed by atoms with Crippen LogP contribution < -0.4 is 0 Å². The fraction of sp³-hybridized carbons (Fsp3) is 0.500. The monoisotopic (exact) mass is 284 g/mol. The lowest BCUT2D eigenvalue weighted by Crippen LogP contribution is -2.36. The molecule has 0 radical (unpaired) electrons. The molecule has 0 aromatic heterocycles. The molecule has 1 aliphatic heterocycles. The minimum absolute atomic E-state index is 0.0839. The van der Waals surface area contributed by atoms with Gasteiger partial charge in [-0.05, 0) is 25.1 Å². The Morgan fingerprint density at radius 1 is 1.20 bits per heavy atom. The summed E-state index contributed by atoms with van der Waals surface area (Å²) in [6.07, 6.45) is 0.772. The molecule has 0 bridgehead atoms. The highest BCUT2D eigenvalue weighted by molar-refractivity contribution is 5.94. The van der Waals surface area contributed by atoms with Gasteiger partial charge in [0.15, 0.2) is 0 Å². The van der Waals surface area contributed by atoms with E-state index >= 15 is 0 Å². The molecule has 1 aliphatic rings. The summed E-state index contributed by atoms with van der Waals surface area (Å²) in [5.41, 5.74) is -0.0954. The van der Waals surface area contributed by atoms with Gasteiger partial charge in [0.2, 0.25) is 0 Å². The zero-order valence-corrected chi connectivity index (χ0v) is 11.2. The maximum atomic E-state index is 13.6. The lowest BCUT2D eigenvalue weighted by molar-refractivity contribution is 0.0755. The summed E-state index contributed by atoms with van der Waals surface area (Å²) in [5, 5.41) is 8.92. The predicted molar refractivity (Wildman–Crippen MR) is 70.4 cm³/mol. The van der Waals surface area contributed by atoms with Gasteiger partial charge in [0.1, 0.15) is 11.6 Å². The van der Waals surface area contributed by atoms with Gasteiger partial charge in [-0.2, -0.15) is 0 Å². The summed E-state index contributed by atoms with van der Waals surface area (Å²) < 4.78 is 26.5. The van der Waals surface area contributed by atoms with Crippen LogP contribution in [0, 0.1) is 11.6 Å². The first-order valence-electron chi connectivity index (χ1n) is 6.69. The van der Waals surface area contributed by atoms with E-state index < -0.39 is 17.5 Å². The van der Waals surface area contributed by atoms with Crippen molar-refractivity contribution >= 4 is 5.91 Å². The third-order valence-corrected chi connectivity index (χ3v) is 3.45. The van der Waals surface area contributed by atoms with E-state index in [2.05, 4.69) is 4.90 Å². The molecule has 1 amide bonds. The molecule has 1 fully saturated rings. The van der Waals surface area contributed by atoms with Gasteiger partial charge in [-0.3, -0.25) is 9.69 Å². The fourth-order valence-electron chi connectivity index (χ4n) is 2.37. The number of carbonyl (C=O) groups is 1. The second kappa shape index (κ2) is 6.76. The highest BCUT2D eigenvalue weighted by atomic mass is 19.1. The van der Waals surface area contributed by atoms with Crippen LogP contribution in [0.25, 0.3) is 0 Å². The average molecular weight is 284 g/mol. The first-order valence-corrected chi connectivity index (χ1v) is 6.69. The maximum absolute atomic E-state index is 13.6. The Balaban J connectivity index is 2.05. The molecule has 6 heteroatoms. The number of rotatable bonds is 3. The van der Waals surface area contributed by atoms with E-state index in [0.29, 0.717) is 26.2 Å². The number of hydrogen-bond donors (Lipinski definition) is 1. The third-order valence-electron chi connectivity index (χ3n) is 3.45. The number of β-amino-alcohol motifs (C(OH)–C–C–N with tert-alkyl or cyclic N) is 1. The molecule has 1 saturated heterocycles. The van der Waals surface area contributed by atoms with Gasteiger partial charge in [0.05, 0.1) is 12.2 Å². The van der Waals surface area contributed by atoms with Crippen molar-refractivity contribution in [3.05, 3.63) is 35.4 Å². The molecule has 1 aromatic rings. The van der Waals surface area contributed by atoms with Crippen molar-refractivity contribution in [1.29, 1.82) is 0 Å². The maximum Gasteiger partial charge on any atom is 0.256 e. The van der Waals surface area contributed by atoms with Gasteiger partial charge < -0.3 is 10.0 Å². The summed E-state index contributed by atoms with van der Waals surface area (Å²) in [7, 11) is 0. The van der Waals surface area contributed by atoms with Crippen LogP contribution in [0.3, 0.4) is 0 Å². The van der Waals surface area contributed by atoms with Crippen molar-refractivity contribution in [2.45, 2.75) is 6.42 Å². The molecule has 0 saturated carbocycles. The summed E-state index contributed by atoms with van der Waals surface area (Å²) in [4.78, 5) is 15.9. The molecule has 1 aromatic carbocycles. The van der Waals surface area contributed by atoms with Gasteiger partial charge in [0.25, 0.3) is 5.91 Å². The Kier molecular flexibility index (Phi) is 5.03. The summed E-state index contributed by atoms with van der Waals surface area (Å²) in [6, 6.07) is 3.00. The zero-order valence-electron chi connectivity index (χ0n) is 11.2. The highest BCUT2D eigenvalue weighted by Crippen LogP contribution is 2.14. The first-order chi connectivity index (χ1) is 9.61. The molecule has 110 valence electrons. The third kappa shape index (κ3) is 3.52. The van der Waals surface area contributed by atoms with E-state index in [0.717, 1.165) is 25.1 Å². The van der Waals surface area contributed by atoms with Crippen molar-refractivity contribution in [3.8, 4) is 0 Å². The van der Waals surface area contributed by atoms with E-state index in [4.69, 9.17) is 5.11 Å². The number of benzene rings is 1.